The quantitative estimate of drug-likeness (QED) is 0.849. The lowest BCUT2D eigenvalue weighted by Crippen LogP contribution is -2.46. The molecule has 0 amide bonds. The number of piperazine rings is 1. The van der Waals surface area contributed by atoms with Crippen LogP contribution in [0.5, 0.6) is 5.75 Å². The zero-order chi connectivity index (χ0) is 15.6. The molecule has 1 aromatic heterocycles. The molecule has 0 radical (unpaired) electrons. The standard InChI is InChI=1S/C18H24N4O/c1-23-18-4-2-3-16(11-18)21-9-7-20(8-10-21)13-17-12-19-14-22(17)15-5-6-15/h2-4,11-12,14-15H,5-10,13H2,1H3. The van der Waals surface area contributed by atoms with Crippen LogP contribution in [-0.2, 0) is 6.54 Å². The molecule has 0 spiro atoms. The predicted octanol–water partition coefficient (Wildman–Crippen LogP) is 2.55. The van der Waals surface area contributed by atoms with Crippen molar-refractivity contribution in [1.82, 2.24) is 14.5 Å². The first-order valence-corrected chi connectivity index (χ1v) is 8.45. The molecule has 1 aromatic carbocycles. The molecule has 2 fully saturated rings. The number of hydrogen-bond acceptors (Lipinski definition) is 4. The highest BCUT2D eigenvalue weighted by molar-refractivity contribution is 5.51. The van der Waals surface area contributed by atoms with Gasteiger partial charge in [-0.25, -0.2) is 4.98 Å². The molecule has 4 rings (SSSR count). The first-order chi connectivity index (χ1) is 11.3. The number of nitrogens with zero attached hydrogens (tertiary/aromatic N) is 4. The lowest BCUT2D eigenvalue weighted by Gasteiger charge is -2.36. The Labute approximate surface area is 137 Å². The highest BCUT2D eigenvalue weighted by Gasteiger charge is 2.26. The van der Waals surface area contributed by atoms with Crippen LogP contribution < -0.4 is 9.64 Å². The molecule has 2 aromatic rings. The third-order valence-corrected chi connectivity index (χ3v) is 4.86. The van der Waals surface area contributed by atoms with Gasteiger partial charge in [0.1, 0.15) is 5.75 Å². The first kappa shape index (κ1) is 14.6. The minimum atomic E-state index is 0.713. The molecule has 2 aliphatic rings. The summed E-state index contributed by atoms with van der Waals surface area (Å²) in [5, 5.41) is 0. The number of aromatic nitrogens is 2. The Hall–Kier alpha value is -2.01. The van der Waals surface area contributed by atoms with Crippen LogP contribution in [0.1, 0.15) is 24.6 Å². The molecule has 1 aliphatic heterocycles. The third kappa shape index (κ3) is 3.20. The molecule has 1 aliphatic carbocycles. The molecular formula is C18H24N4O. The Bertz CT molecular complexity index is 657. The Morgan fingerprint density at radius 3 is 2.74 bits per heavy atom. The lowest BCUT2D eigenvalue weighted by atomic mass is 10.2. The molecule has 1 saturated carbocycles. The van der Waals surface area contributed by atoms with E-state index in [2.05, 4.69) is 37.5 Å². The predicted molar refractivity (Wildman–Crippen MR) is 91.0 cm³/mol. The number of anilines is 1. The minimum Gasteiger partial charge on any atom is -0.497 e. The van der Waals surface area contributed by atoms with E-state index in [1.165, 1.54) is 24.2 Å². The zero-order valence-corrected chi connectivity index (χ0v) is 13.7. The van der Waals surface area contributed by atoms with Gasteiger partial charge in [-0.1, -0.05) is 6.07 Å². The van der Waals surface area contributed by atoms with Gasteiger partial charge in [-0.05, 0) is 25.0 Å². The molecule has 5 heteroatoms. The van der Waals surface area contributed by atoms with Crippen molar-refractivity contribution >= 4 is 5.69 Å². The van der Waals surface area contributed by atoms with E-state index in [4.69, 9.17) is 4.74 Å². The molecule has 2 heterocycles. The second-order valence-corrected chi connectivity index (χ2v) is 6.49. The van der Waals surface area contributed by atoms with E-state index in [1.54, 1.807) is 7.11 Å². The van der Waals surface area contributed by atoms with E-state index in [1.807, 2.05) is 18.6 Å². The van der Waals surface area contributed by atoms with Gasteiger partial charge >= 0.3 is 0 Å². The smallest absolute Gasteiger partial charge is 0.120 e. The van der Waals surface area contributed by atoms with E-state index in [0.717, 1.165) is 38.5 Å². The summed E-state index contributed by atoms with van der Waals surface area (Å²) in [5.74, 6) is 0.929. The van der Waals surface area contributed by atoms with Crippen LogP contribution >= 0.6 is 0 Å². The van der Waals surface area contributed by atoms with E-state index >= 15 is 0 Å². The van der Waals surface area contributed by atoms with Crippen LogP contribution in [0.25, 0.3) is 0 Å². The van der Waals surface area contributed by atoms with Gasteiger partial charge in [0.05, 0.1) is 19.1 Å². The van der Waals surface area contributed by atoms with Gasteiger partial charge in [0, 0.05) is 56.7 Å². The van der Waals surface area contributed by atoms with Crippen LogP contribution in [-0.4, -0.2) is 47.7 Å². The van der Waals surface area contributed by atoms with Gasteiger partial charge in [-0.15, -0.1) is 0 Å². The summed E-state index contributed by atoms with van der Waals surface area (Å²) in [6, 6.07) is 9.07. The molecule has 1 saturated heterocycles. The van der Waals surface area contributed by atoms with Crippen molar-refractivity contribution in [2.75, 3.05) is 38.2 Å². The van der Waals surface area contributed by atoms with Crippen molar-refractivity contribution in [2.45, 2.75) is 25.4 Å². The van der Waals surface area contributed by atoms with Gasteiger partial charge < -0.3 is 14.2 Å². The minimum absolute atomic E-state index is 0.713. The average Bonchev–Trinajstić information content (AvgIpc) is 3.35. The highest BCUT2D eigenvalue weighted by Crippen LogP contribution is 2.35. The summed E-state index contributed by atoms with van der Waals surface area (Å²) in [7, 11) is 1.72. The SMILES string of the molecule is COc1cccc(N2CCN(Cc3cncn3C3CC3)CC2)c1. The number of ether oxygens (including phenoxy) is 1. The molecule has 23 heavy (non-hydrogen) atoms. The molecular weight excluding hydrogens is 288 g/mol. The lowest BCUT2D eigenvalue weighted by molar-refractivity contribution is 0.243. The molecule has 5 nitrogen and oxygen atoms in total. The van der Waals surface area contributed by atoms with Gasteiger partial charge in [0.15, 0.2) is 0 Å². The van der Waals surface area contributed by atoms with Crippen LogP contribution in [0, 0.1) is 0 Å². The first-order valence-electron chi connectivity index (χ1n) is 8.45. The molecule has 0 unspecified atom stereocenters. The number of methoxy groups -OCH3 is 1. The molecule has 0 atom stereocenters. The fraction of sp³-hybridized carbons (Fsp3) is 0.500. The highest BCUT2D eigenvalue weighted by atomic mass is 16.5. The van der Waals surface area contributed by atoms with Gasteiger partial charge in [-0.3, -0.25) is 4.90 Å². The van der Waals surface area contributed by atoms with Crippen LogP contribution in [0.4, 0.5) is 5.69 Å². The topological polar surface area (TPSA) is 33.5 Å². The van der Waals surface area contributed by atoms with Gasteiger partial charge in [-0.2, -0.15) is 0 Å². The summed E-state index contributed by atoms with van der Waals surface area (Å²) >= 11 is 0. The summed E-state index contributed by atoms with van der Waals surface area (Å²) in [4.78, 5) is 9.32. The van der Waals surface area contributed by atoms with E-state index in [9.17, 15) is 0 Å². The summed E-state index contributed by atoms with van der Waals surface area (Å²) in [6.45, 7) is 5.32. The van der Waals surface area contributed by atoms with E-state index in [-0.39, 0.29) is 0 Å². The number of rotatable bonds is 5. The van der Waals surface area contributed by atoms with Crippen LogP contribution in [0.15, 0.2) is 36.8 Å². The van der Waals surface area contributed by atoms with Crippen molar-refractivity contribution in [3.05, 3.63) is 42.5 Å². The van der Waals surface area contributed by atoms with Crippen molar-refractivity contribution < 1.29 is 4.74 Å². The maximum Gasteiger partial charge on any atom is 0.120 e. The maximum absolute atomic E-state index is 5.33. The number of benzene rings is 1. The van der Waals surface area contributed by atoms with Crippen molar-refractivity contribution in [1.29, 1.82) is 0 Å². The van der Waals surface area contributed by atoms with E-state index in [0.29, 0.717) is 6.04 Å². The fourth-order valence-corrected chi connectivity index (χ4v) is 3.34. The Balaban J connectivity index is 1.36. The number of imidazole rings is 1. The van der Waals surface area contributed by atoms with Crippen molar-refractivity contribution in [3.8, 4) is 5.75 Å². The van der Waals surface area contributed by atoms with Gasteiger partial charge in [0.2, 0.25) is 0 Å². The van der Waals surface area contributed by atoms with Crippen molar-refractivity contribution in [2.24, 2.45) is 0 Å². The van der Waals surface area contributed by atoms with Gasteiger partial charge in [0.25, 0.3) is 0 Å². The summed E-state index contributed by atoms with van der Waals surface area (Å²) in [5.41, 5.74) is 2.62. The number of hydrogen-bond donors (Lipinski definition) is 0. The summed E-state index contributed by atoms with van der Waals surface area (Å²) in [6.07, 6.45) is 6.66. The third-order valence-electron chi connectivity index (χ3n) is 4.86. The Morgan fingerprint density at radius 1 is 1.17 bits per heavy atom. The second-order valence-electron chi connectivity index (χ2n) is 6.49. The van der Waals surface area contributed by atoms with E-state index < -0.39 is 0 Å². The van der Waals surface area contributed by atoms with Crippen LogP contribution in [0.3, 0.4) is 0 Å². The maximum atomic E-state index is 5.33. The second kappa shape index (κ2) is 6.24. The van der Waals surface area contributed by atoms with Crippen molar-refractivity contribution in [3.63, 3.8) is 0 Å². The Kier molecular flexibility index (Phi) is 3.95. The fourth-order valence-electron chi connectivity index (χ4n) is 3.34. The largest absolute Gasteiger partial charge is 0.497 e. The Morgan fingerprint density at radius 2 is 2.00 bits per heavy atom. The monoisotopic (exact) mass is 312 g/mol. The normalized spacial score (nSPS) is 19.1. The molecule has 0 N–H and O–H groups in total. The molecule has 122 valence electrons. The molecule has 0 bridgehead atoms. The zero-order valence-electron chi connectivity index (χ0n) is 13.7. The average molecular weight is 312 g/mol. The summed E-state index contributed by atoms with van der Waals surface area (Å²) < 4.78 is 7.70. The van der Waals surface area contributed by atoms with Crippen LogP contribution in [0.2, 0.25) is 0 Å².